The van der Waals surface area contributed by atoms with Crippen LogP contribution in [0, 0.1) is 0 Å². The summed E-state index contributed by atoms with van der Waals surface area (Å²) >= 11 is 0. The Labute approximate surface area is 130 Å². The van der Waals surface area contributed by atoms with Crippen LogP contribution in [-0.2, 0) is 0 Å². The van der Waals surface area contributed by atoms with Crippen molar-refractivity contribution in [3.05, 3.63) is 70.5 Å². The molecule has 0 bridgehead atoms. The number of carbonyl (C=O) groups is 1. The summed E-state index contributed by atoms with van der Waals surface area (Å²) in [6.45, 7) is 0. The number of carbonyl (C=O) groups excluding carboxylic acids is 1. The fourth-order valence-electron chi connectivity index (χ4n) is 2.33. The summed E-state index contributed by atoms with van der Waals surface area (Å²) in [6, 6.07) is 14.6. The molecule has 0 radical (unpaired) electrons. The minimum atomic E-state index is -0.404. The van der Waals surface area contributed by atoms with Gasteiger partial charge >= 0.3 is 0 Å². The molecular weight excluding hydrogens is 296 g/mol. The van der Waals surface area contributed by atoms with Crippen LogP contribution >= 0.6 is 0 Å². The van der Waals surface area contributed by atoms with Crippen LogP contribution in [0.15, 0.2) is 59.4 Å². The summed E-state index contributed by atoms with van der Waals surface area (Å²) in [7, 11) is 0. The zero-order chi connectivity index (χ0) is 16.4. The standard InChI is InChI=1S/C16H14N4O3/c17-18-16(23)10-5-7-11(8-6-10)20-13(9-15(22)19-20)12-3-1-2-4-14(12)21/h1-9,21H,17H2,(H,18,23)(H,19,22). The van der Waals surface area contributed by atoms with E-state index in [1.54, 1.807) is 53.2 Å². The molecule has 0 aliphatic heterocycles. The number of amides is 1. The predicted molar refractivity (Wildman–Crippen MR) is 85.1 cm³/mol. The van der Waals surface area contributed by atoms with Crippen molar-refractivity contribution in [2.45, 2.75) is 0 Å². The third kappa shape index (κ3) is 2.72. The zero-order valence-corrected chi connectivity index (χ0v) is 12.0. The van der Waals surface area contributed by atoms with E-state index in [1.807, 2.05) is 0 Å². The number of nitrogens with zero attached hydrogens (tertiary/aromatic N) is 1. The highest BCUT2D eigenvalue weighted by Gasteiger charge is 2.12. The first-order valence-electron chi connectivity index (χ1n) is 6.82. The fourth-order valence-corrected chi connectivity index (χ4v) is 2.33. The van der Waals surface area contributed by atoms with Gasteiger partial charge in [0.25, 0.3) is 11.5 Å². The van der Waals surface area contributed by atoms with Crippen LogP contribution in [0.5, 0.6) is 5.75 Å². The first kappa shape index (κ1) is 14.6. The van der Waals surface area contributed by atoms with E-state index >= 15 is 0 Å². The van der Waals surface area contributed by atoms with Gasteiger partial charge in [-0.3, -0.25) is 24.8 Å². The van der Waals surface area contributed by atoms with E-state index in [2.05, 4.69) is 10.5 Å². The van der Waals surface area contributed by atoms with Gasteiger partial charge < -0.3 is 5.11 Å². The van der Waals surface area contributed by atoms with Crippen LogP contribution < -0.4 is 16.8 Å². The molecular formula is C16H14N4O3. The summed E-state index contributed by atoms with van der Waals surface area (Å²) < 4.78 is 1.54. The Kier molecular flexibility index (Phi) is 3.70. The Morgan fingerprint density at radius 1 is 1.13 bits per heavy atom. The summed E-state index contributed by atoms with van der Waals surface area (Å²) in [5.41, 5.74) is 3.83. The first-order chi connectivity index (χ1) is 11.1. The minimum Gasteiger partial charge on any atom is -0.507 e. The second-order valence-electron chi connectivity index (χ2n) is 4.88. The summed E-state index contributed by atoms with van der Waals surface area (Å²) in [6.07, 6.45) is 0. The topological polar surface area (TPSA) is 113 Å². The fraction of sp³-hybridized carbons (Fsp3) is 0. The number of nitrogen functional groups attached to an aromatic ring is 1. The van der Waals surface area contributed by atoms with E-state index in [0.717, 1.165) is 0 Å². The molecule has 0 fully saturated rings. The van der Waals surface area contributed by atoms with Gasteiger partial charge in [0.1, 0.15) is 5.75 Å². The van der Waals surface area contributed by atoms with Gasteiger partial charge in [-0.15, -0.1) is 0 Å². The van der Waals surface area contributed by atoms with Crippen LogP contribution in [0.2, 0.25) is 0 Å². The number of aromatic amines is 1. The van der Waals surface area contributed by atoms with Crippen molar-refractivity contribution >= 4 is 5.91 Å². The third-order valence-corrected chi connectivity index (χ3v) is 3.43. The molecule has 0 aliphatic carbocycles. The highest BCUT2D eigenvalue weighted by Crippen LogP contribution is 2.29. The van der Waals surface area contributed by atoms with Gasteiger partial charge in [0.2, 0.25) is 0 Å². The number of phenolic OH excluding ortho intramolecular Hbond substituents is 1. The molecule has 1 amide bonds. The molecule has 0 aliphatic rings. The molecule has 0 atom stereocenters. The average molecular weight is 310 g/mol. The maximum absolute atomic E-state index is 11.8. The molecule has 23 heavy (non-hydrogen) atoms. The molecule has 0 unspecified atom stereocenters. The molecule has 3 aromatic rings. The SMILES string of the molecule is NNC(=O)c1ccc(-n2[nH]c(=O)cc2-c2ccccc2O)cc1. The molecule has 0 spiro atoms. The first-order valence-corrected chi connectivity index (χ1v) is 6.82. The zero-order valence-electron chi connectivity index (χ0n) is 12.0. The van der Waals surface area contributed by atoms with E-state index in [-0.39, 0.29) is 11.3 Å². The number of benzene rings is 2. The maximum Gasteiger partial charge on any atom is 0.265 e. The van der Waals surface area contributed by atoms with Gasteiger partial charge in [-0.05, 0) is 36.4 Å². The monoisotopic (exact) mass is 310 g/mol. The smallest absolute Gasteiger partial charge is 0.265 e. The molecule has 0 saturated heterocycles. The summed E-state index contributed by atoms with van der Waals surface area (Å²) in [4.78, 5) is 23.2. The number of rotatable bonds is 3. The summed E-state index contributed by atoms with van der Waals surface area (Å²) in [5, 5.41) is 12.7. The van der Waals surface area contributed by atoms with E-state index < -0.39 is 5.91 Å². The second-order valence-corrected chi connectivity index (χ2v) is 4.88. The largest absolute Gasteiger partial charge is 0.507 e. The van der Waals surface area contributed by atoms with E-state index in [4.69, 9.17) is 5.84 Å². The van der Waals surface area contributed by atoms with Crippen molar-refractivity contribution in [2.24, 2.45) is 5.84 Å². The number of aromatic hydroxyl groups is 1. The minimum absolute atomic E-state index is 0.0689. The van der Waals surface area contributed by atoms with Gasteiger partial charge in [0, 0.05) is 17.2 Å². The maximum atomic E-state index is 11.8. The number of phenols is 1. The molecule has 2 aromatic carbocycles. The van der Waals surface area contributed by atoms with Crippen molar-refractivity contribution in [3.63, 3.8) is 0 Å². The van der Waals surface area contributed by atoms with Crippen LogP contribution in [0.25, 0.3) is 16.9 Å². The van der Waals surface area contributed by atoms with Crippen LogP contribution in [-0.4, -0.2) is 20.8 Å². The van der Waals surface area contributed by atoms with Crippen LogP contribution in [0.1, 0.15) is 10.4 Å². The lowest BCUT2D eigenvalue weighted by Gasteiger charge is -2.10. The lowest BCUT2D eigenvalue weighted by molar-refractivity contribution is 0.0953. The van der Waals surface area contributed by atoms with Crippen molar-refractivity contribution in [1.29, 1.82) is 0 Å². The second kappa shape index (κ2) is 5.82. The van der Waals surface area contributed by atoms with Gasteiger partial charge in [-0.2, -0.15) is 0 Å². The highest BCUT2D eigenvalue weighted by atomic mass is 16.3. The molecule has 3 rings (SSSR count). The molecule has 1 aromatic heterocycles. The van der Waals surface area contributed by atoms with Crippen molar-refractivity contribution in [1.82, 2.24) is 15.2 Å². The van der Waals surface area contributed by atoms with Crippen LogP contribution in [0.3, 0.4) is 0 Å². The molecule has 0 saturated carbocycles. The number of hydrogen-bond donors (Lipinski definition) is 4. The van der Waals surface area contributed by atoms with Gasteiger partial charge in [0.05, 0.1) is 11.4 Å². The predicted octanol–water partition coefficient (Wildman–Crippen LogP) is 1.14. The average Bonchev–Trinajstić information content (AvgIpc) is 2.96. The third-order valence-electron chi connectivity index (χ3n) is 3.43. The Hall–Kier alpha value is -3.32. The Morgan fingerprint density at radius 3 is 2.48 bits per heavy atom. The molecule has 7 nitrogen and oxygen atoms in total. The quantitative estimate of drug-likeness (QED) is 0.330. The number of nitrogens with two attached hydrogens (primary N) is 1. The summed E-state index contributed by atoms with van der Waals surface area (Å²) in [5.74, 6) is 4.76. The van der Waals surface area contributed by atoms with Gasteiger partial charge in [-0.25, -0.2) is 5.84 Å². The molecule has 7 heteroatoms. The van der Waals surface area contributed by atoms with E-state index in [9.17, 15) is 14.7 Å². The normalized spacial score (nSPS) is 10.5. The number of hydrazine groups is 1. The number of H-pyrrole nitrogens is 1. The molecule has 1 heterocycles. The van der Waals surface area contributed by atoms with Crippen molar-refractivity contribution in [3.8, 4) is 22.7 Å². The van der Waals surface area contributed by atoms with Gasteiger partial charge in [-0.1, -0.05) is 12.1 Å². The van der Waals surface area contributed by atoms with E-state index in [1.165, 1.54) is 6.07 Å². The number of hydrogen-bond acceptors (Lipinski definition) is 4. The Morgan fingerprint density at radius 2 is 1.83 bits per heavy atom. The number of aromatic nitrogens is 2. The number of para-hydroxylation sites is 1. The molecule has 116 valence electrons. The Bertz CT molecular complexity index is 910. The highest BCUT2D eigenvalue weighted by molar-refractivity contribution is 5.93. The molecule has 5 N–H and O–H groups in total. The Balaban J connectivity index is 2.09. The lowest BCUT2D eigenvalue weighted by Crippen LogP contribution is -2.29. The van der Waals surface area contributed by atoms with Gasteiger partial charge in [0.15, 0.2) is 0 Å². The van der Waals surface area contributed by atoms with Crippen molar-refractivity contribution < 1.29 is 9.90 Å². The lowest BCUT2D eigenvalue weighted by atomic mass is 10.1. The van der Waals surface area contributed by atoms with E-state index in [0.29, 0.717) is 22.5 Å². The number of nitrogens with one attached hydrogen (secondary N) is 2. The van der Waals surface area contributed by atoms with Crippen LogP contribution in [0.4, 0.5) is 0 Å². The van der Waals surface area contributed by atoms with Crippen molar-refractivity contribution in [2.75, 3.05) is 0 Å².